The quantitative estimate of drug-likeness (QED) is 0.729. The second kappa shape index (κ2) is 7.34. The molecule has 0 saturated carbocycles. The van der Waals surface area contributed by atoms with E-state index >= 15 is 0 Å². The third-order valence-electron chi connectivity index (χ3n) is 3.01. The number of aromatic nitrogens is 1. The summed E-state index contributed by atoms with van der Waals surface area (Å²) in [6, 6.07) is 5.84. The number of nitrogens with zero attached hydrogens (tertiary/aromatic N) is 1. The molecule has 1 fully saturated rings. The zero-order chi connectivity index (χ0) is 12.6. The second-order valence-electron chi connectivity index (χ2n) is 4.44. The Kier molecular flexibility index (Phi) is 5.42. The van der Waals surface area contributed by atoms with Crippen LogP contribution in [0.3, 0.4) is 0 Å². The molecule has 0 N–H and O–H groups in total. The van der Waals surface area contributed by atoms with Crippen LogP contribution in [-0.4, -0.2) is 31.6 Å². The van der Waals surface area contributed by atoms with Gasteiger partial charge in [-0.05, 0) is 38.2 Å². The van der Waals surface area contributed by atoms with Gasteiger partial charge in [-0.3, -0.25) is 0 Å². The molecule has 1 saturated heterocycles. The standard InChI is InChI=1S/C14H21NO3/c1-16-13-8-4-6-12(15-13)7-5-11-18-14-9-2-3-10-17-14/h4,6,8,14H,2-3,5,7,9-11H2,1H3. The van der Waals surface area contributed by atoms with Gasteiger partial charge in [-0.1, -0.05) is 6.07 Å². The van der Waals surface area contributed by atoms with Gasteiger partial charge in [0.15, 0.2) is 6.29 Å². The molecule has 0 aromatic carbocycles. The van der Waals surface area contributed by atoms with Crippen molar-refractivity contribution >= 4 is 0 Å². The lowest BCUT2D eigenvalue weighted by molar-refractivity contribution is -0.162. The lowest BCUT2D eigenvalue weighted by Crippen LogP contribution is -2.22. The third kappa shape index (κ3) is 4.27. The smallest absolute Gasteiger partial charge is 0.213 e. The molecule has 1 atom stereocenters. The molecule has 0 aliphatic carbocycles. The molecule has 4 heteroatoms. The van der Waals surface area contributed by atoms with Crippen LogP contribution in [0.4, 0.5) is 0 Å². The summed E-state index contributed by atoms with van der Waals surface area (Å²) in [5, 5.41) is 0. The lowest BCUT2D eigenvalue weighted by Gasteiger charge is -2.22. The molecule has 2 rings (SSSR count). The summed E-state index contributed by atoms with van der Waals surface area (Å²) in [7, 11) is 1.63. The Morgan fingerprint density at radius 2 is 2.33 bits per heavy atom. The van der Waals surface area contributed by atoms with E-state index in [9.17, 15) is 0 Å². The fourth-order valence-corrected chi connectivity index (χ4v) is 2.02. The predicted molar refractivity (Wildman–Crippen MR) is 68.7 cm³/mol. The molecule has 0 bridgehead atoms. The molecule has 0 radical (unpaired) electrons. The summed E-state index contributed by atoms with van der Waals surface area (Å²) in [4.78, 5) is 4.37. The average molecular weight is 251 g/mol. The van der Waals surface area contributed by atoms with Crippen LogP contribution < -0.4 is 4.74 Å². The first-order valence-corrected chi connectivity index (χ1v) is 6.61. The topological polar surface area (TPSA) is 40.6 Å². The van der Waals surface area contributed by atoms with Gasteiger partial charge >= 0.3 is 0 Å². The highest BCUT2D eigenvalue weighted by Gasteiger charge is 2.13. The maximum Gasteiger partial charge on any atom is 0.213 e. The molecule has 0 amide bonds. The average Bonchev–Trinajstić information content (AvgIpc) is 2.45. The molecule has 18 heavy (non-hydrogen) atoms. The van der Waals surface area contributed by atoms with Crippen molar-refractivity contribution in [3.05, 3.63) is 23.9 Å². The Morgan fingerprint density at radius 3 is 3.11 bits per heavy atom. The minimum Gasteiger partial charge on any atom is -0.481 e. The van der Waals surface area contributed by atoms with Gasteiger partial charge in [0.1, 0.15) is 0 Å². The maximum absolute atomic E-state index is 5.68. The molecule has 4 nitrogen and oxygen atoms in total. The fraction of sp³-hybridized carbons (Fsp3) is 0.643. The third-order valence-corrected chi connectivity index (χ3v) is 3.01. The summed E-state index contributed by atoms with van der Waals surface area (Å²) in [5.74, 6) is 0.670. The molecule has 1 aliphatic rings. The van der Waals surface area contributed by atoms with E-state index in [-0.39, 0.29) is 6.29 Å². The number of aryl methyl sites for hydroxylation is 1. The number of methoxy groups -OCH3 is 1. The van der Waals surface area contributed by atoms with E-state index in [2.05, 4.69) is 4.98 Å². The molecule has 100 valence electrons. The fourth-order valence-electron chi connectivity index (χ4n) is 2.02. The van der Waals surface area contributed by atoms with Gasteiger partial charge < -0.3 is 14.2 Å². The molecule has 1 aromatic heterocycles. The van der Waals surface area contributed by atoms with Crippen LogP contribution in [0.5, 0.6) is 5.88 Å². The SMILES string of the molecule is COc1cccc(CCCOC2CCCCO2)n1. The first-order valence-electron chi connectivity index (χ1n) is 6.61. The van der Waals surface area contributed by atoms with Gasteiger partial charge in [0.05, 0.1) is 13.7 Å². The van der Waals surface area contributed by atoms with E-state index in [0.29, 0.717) is 5.88 Å². The van der Waals surface area contributed by atoms with Gasteiger partial charge in [-0.25, -0.2) is 4.98 Å². The van der Waals surface area contributed by atoms with Gasteiger partial charge in [0, 0.05) is 18.4 Å². The Hall–Kier alpha value is -1.13. The minimum atomic E-state index is 0.0111. The van der Waals surface area contributed by atoms with E-state index in [0.717, 1.165) is 44.6 Å². The van der Waals surface area contributed by atoms with Crippen LogP contribution in [0.25, 0.3) is 0 Å². The highest BCUT2D eigenvalue weighted by Crippen LogP contribution is 2.14. The number of hydrogen-bond donors (Lipinski definition) is 0. The predicted octanol–water partition coefficient (Wildman–Crippen LogP) is 2.57. The van der Waals surface area contributed by atoms with Crippen molar-refractivity contribution in [3.63, 3.8) is 0 Å². The highest BCUT2D eigenvalue weighted by molar-refractivity contribution is 5.15. The Balaban J connectivity index is 1.65. The van der Waals surface area contributed by atoms with Crippen LogP contribution in [-0.2, 0) is 15.9 Å². The molecular formula is C14H21NO3. The highest BCUT2D eigenvalue weighted by atomic mass is 16.7. The van der Waals surface area contributed by atoms with Crippen LogP contribution in [0.1, 0.15) is 31.4 Å². The van der Waals surface area contributed by atoms with Crippen molar-refractivity contribution in [2.75, 3.05) is 20.3 Å². The summed E-state index contributed by atoms with van der Waals surface area (Å²) in [6.07, 6.45) is 5.27. The zero-order valence-corrected chi connectivity index (χ0v) is 10.9. The lowest BCUT2D eigenvalue weighted by atomic mass is 10.2. The number of pyridine rings is 1. The van der Waals surface area contributed by atoms with E-state index in [1.807, 2.05) is 18.2 Å². The number of ether oxygens (including phenoxy) is 3. The van der Waals surface area contributed by atoms with Gasteiger partial charge in [-0.2, -0.15) is 0 Å². The Labute approximate surface area is 108 Å². The monoisotopic (exact) mass is 251 g/mol. The van der Waals surface area contributed by atoms with E-state index in [1.165, 1.54) is 6.42 Å². The zero-order valence-electron chi connectivity index (χ0n) is 10.9. The summed E-state index contributed by atoms with van der Waals surface area (Å²) in [6.45, 7) is 1.56. The summed E-state index contributed by atoms with van der Waals surface area (Å²) < 4.78 is 16.3. The first kappa shape index (κ1) is 13.3. The van der Waals surface area contributed by atoms with Crippen LogP contribution in [0.2, 0.25) is 0 Å². The normalized spacial score (nSPS) is 19.7. The minimum absolute atomic E-state index is 0.0111. The molecule has 2 heterocycles. The van der Waals surface area contributed by atoms with E-state index in [4.69, 9.17) is 14.2 Å². The van der Waals surface area contributed by atoms with E-state index in [1.54, 1.807) is 7.11 Å². The van der Waals surface area contributed by atoms with Crippen molar-refractivity contribution in [1.29, 1.82) is 0 Å². The van der Waals surface area contributed by atoms with Gasteiger partial charge in [0.2, 0.25) is 5.88 Å². The largest absolute Gasteiger partial charge is 0.481 e. The molecule has 1 unspecified atom stereocenters. The Bertz CT molecular complexity index is 351. The molecule has 0 spiro atoms. The van der Waals surface area contributed by atoms with Crippen molar-refractivity contribution in [3.8, 4) is 5.88 Å². The van der Waals surface area contributed by atoms with Crippen LogP contribution in [0, 0.1) is 0 Å². The van der Waals surface area contributed by atoms with Crippen molar-refractivity contribution < 1.29 is 14.2 Å². The maximum atomic E-state index is 5.68. The van der Waals surface area contributed by atoms with Gasteiger partial charge in [0.25, 0.3) is 0 Å². The van der Waals surface area contributed by atoms with Crippen LogP contribution in [0.15, 0.2) is 18.2 Å². The first-order chi connectivity index (χ1) is 8.88. The van der Waals surface area contributed by atoms with Crippen molar-refractivity contribution in [2.45, 2.75) is 38.4 Å². The molecular weight excluding hydrogens is 230 g/mol. The summed E-state index contributed by atoms with van der Waals surface area (Å²) >= 11 is 0. The number of rotatable bonds is 6. The second-order valence-corrected chi connectivity index (χ2v) is 4.44. The molecule has 1 aliphatic heterocycles. The van der Waals surface area contributed by atoms with Gasteiger partial charge in [-0.15, -0.1) is 0 Å². The number of hydrogen-bond acceptors (Lipinski definition) is 4. The van der Waals surface area contributed by atoms with Crippen molar-refractivity contribution in [1.82, 2.24) is 4.98 Å². The summed E-state index contributed by atoms with van der Waals surface area (Å²) in [5.41, 5.74) is 1.04. The van der Waals surface area contributed by atoms with Crippen LogP contribution >= 0.6 is 0 Å². The van der Waals surface area contributed by atoms with E-state index < -0.39 is 0 Å². The molecule has 1 aromatic rings. The Morgan fingerprint density at radius 1 is 1.39 bits per heavy atom. The van der Waals surface area contributed by atoms with Crippen molar-refractivity contribution in [2.24, 2.45) is 0 Å².